The molecule has 1 aromatic rings. The molecule has 0 atom stereocenters. The molecule has 0 bridgehead atoms. The molecule has 0 saturated heterocycles. The molecular formula is C15H22N2O. The van der Waals surface area contributed by atoms with Gasteiger partial charge in [0.25, 0.3) is 0 Å². The molecular weight excluding hydrogens is 224 g/mol. The molecule has 0 radical (unpaired) electrons. The Morgan fingerprint density at radius 1 is 1.33 bits per heavy atom. The molecule has 1 aromatic carbocycles. The standard InChI is InChI=1S/C15H22N2O/c1-3-9-15(18)16-12-8-13-17(4-2)14-10-6-5-7-11-14/h3,5-7,9-11H,4,8,12-13H2,1-2H3,(H,16,18). The van der Waals surface area contributed by atoms with Crippen LogP contribution in [0.25, 0.3) is 0 Å². The zero-order valence-electron chi connectivity index (χ0n) is 11.2. The quantitative estimate of drug-likeness (QED) is 0.592. The second kappa shape index (κ2) is 8.34. The number of carbonyl (C=O) groups is 1. The predicted octanol–water partition coefficient (Wildman–Crippen LogP) is 2.60. The number of nitrogens with zero attached hydrogens (tertiary/aromatic N) is 1. The van der Waals surface area contributed by atoms with E-state index in [1.165, 1.54) is 5.69 Å². The van der Waals surface area contributed by atoms with Crippen LogP contribution in [0.5, 0.6) is 0 Å². The molecule has 0 aromatic heterocycles. The summed E-state index contributed by atoms with van der Waals surface area (Å²) in [5, 5.41) is 2.86. The topological polar surface area (TPSA) is 32.3 Å². The maximum absolute atomic E-state index is 11.2. The second-order valence-corrected chi connectivity index (χ2v) is 4.06. The summed E-state index contributed by atoms with van der Waals surface area (Å²) in [5.74, 6) is -0.0136. The highest BCUT2D eigenvalue weighted by atomic mass is 16.1. The smallest absolute Gasteiger partial charge is 0.243 e. The maximum Gasteiger partial charge on any atom is 0.243 e. The van der Waals surface area contributed by atoms with Crippen molar-refractivity contribution in [3.8, 4) is 0 Å². The van der Waals surface area contributed by atoms with E-state index < -0.39 is 0 Å². The molecule has 98 valence electrons. The molecule has 1 N–H and O–H groups in total. The van der Waals surface area contributed by atoms with Crippen molar-refractivity contribution < 1.29 is 4.79 Å². The minimum absolute atomic E-state index is 0.0136. The van der Waals surface area contributed by atoms with Crippen molar-refractivity contribution in [2.75, 3.05) is 24.5 Å². The molecule has 1 rings (SSSR count). The predicted molar refractivity (Wildman–Crippen MR) is 76.8 cm³/mol. The van der Waals surface area contributed by atoms with Crippen LogP contribution in [-0.2, 0) is 4.79 Å². The van der Waals surface area contributed by atoms with Crippen LogP contribution in [0.1, 0.15) is 20.3 Å². The van der Waals surface area contributed by atoms with Crippen molar-refractivity contribution in [1.82, 2.24) is 5.32 Å². The third kappa shape index (κ3) is 5.04. The van der Waals surface area contributed by atoms with E-state index in [0.29, 0.717) is 6.54 Å². The molecule has 3 nitrogen and oxygen atoms in total. The Labute approximate surface area is 109 Å². The first-order chi connectivity index (χ1) is 8.77. The van der Waals surface area contributed by atoms with Crippen molar-refractivity contribution in [2.24, 2.45) is 0 Å². The average Bonchev–Trinajstić information content (AvgIpc) is 2.40. The SMILES string of the molecule is CC=CC(=O)NCCCN(CC)c1ccccc1. The van der Waals surface area contributed by atoms with Crippen LogP contribution in [0, 0.1) is 0 Å². The number of nitrogens with one attached hydrogen (secondary N) is 1. The molecule has 0 heterocycles. The Hall–Kier alpha value is -1.77. The van der Waals surface area contributed by atoms with Gasteiger partial charge in [-0.2, -0.15) is 0 Å². The minimum atomic E-state index is -0.0136. The third-order valence-electron chi connectivity index (χ3n) is 2.73. The van der Waals surface area contributed by atoms with E-state index in [0.717, 1.165) is 19.5 Å². The van der Waals surface area contributed by atoms with Crippen molar-refractivity contribution in [3.63, 3.8) is 0 Å². The van der Waals surface area contributed by atoms with E-state index >= 15 is 0 Å². The normalized spacial score (nSPS) is 10.6. The first-order valence-corrected chi connectivity index (χ1v) is 6.48. The lowest BCUT2D eigenvalue weighted by molar-refractivity contribution is -0.116. The van der Waals surface area contributed by atoms with Gasteiger partial charge in [-0.15, -0.1) is 0 Å². The van der Waals surface area contributed by atoms with Crippen LogP contribution in [0.2, 0.25) is 0 Å². The van der Waals surface area contributed by atoms with Crippen LogP contribution in [0.15, 0.2) is 42.5 Å². The molecule has 0 spiro atoms. The highest BCUT2D eigenvalue weighted by molar-refractivity contribution is 5.87. The summed E-state index contributed by atoms with van der Waals surface area (Å²) in [4.78, 5) is 13.5. The largest absolute Gasteiger partial charge is 0.372 e. The summed E-state index contributed by atoms with van der Waals surface area (Å²) in [7, 11) is 0. The molecule has 0 aliphatic carbocycles. The fourth-order valence-electron chi connectivity index (χ4n) is 1.80. The molecule has 0 saturated carbocycles. The van der Waals surface area contributed by atoms with Gasteiger partial charge in [0.05, 0.1) is 0 Å². The summed E-state index contributed by atoms with van der Waals surface area (Å²) >= 11 is 0. The summed E-state index contributed by atoms with van der Waals surface area (Å²) in [5.41, 5.74) is 1.24. The van der Waals surface area contributed by atoms with Crippen LogP contribution >= 0.6 is 0 Å². The minimum Gasteiger partial charge on any atom is -0.372 e. The first-order valence-electron chi connectivity index (χ1n) is 6.48. The van der Waals surface area contributed by atoms with Gasteiger partial charge in [-0.3, -0.25) is 4.79 Å². The number of hydrogen-bond acceptors (Lipinski definition) is 2. The van der Waals surface area contributed by atoms with Crippen LogP contribution in [0.4, 0.5) is 5.69 Å². The fraction of sp³-hybridized carbons (Fsp3) is 0.400. The highest BCUT2D eigenvalue weighted by Crippen LogP contribution is 2.12. The summed E-state index contributed by atoms with van der Waals surface area (Å²) in [6, 6.07) is 10.3. The fourth-order valence-corrected chi connectivity index (χ4v) is 1.80. The number of allylic oxidation sites excluding steroid dienone is 1. The van der Waals surface area contributed by atoms with Gasteiger partial charge in [0.2, 0.25) is 5.91 Å². The highest BCUT2D eigenvalue weighted by Gasteiger charge is 2.02. The molecule has 0 unspecified atom stereocenters. The molecule has 0 fully saturated rings. The molecule has 1 amide bonds. The van der Waals surface area contributed by atoms with E-state index in [-0.39, 0.29) is 5.91 Å². The summed E-state index contributed by atoms with van der Waals surface area (Å²) in [6.45, 7) is 6.63. The van der Waals surface area contributed by atoms with Gasteiger partial charge in [0.15, 0.2) is 0 Å². The van der Waals surface area contributed by atoms with E-state index in [1.807, 2.05) is 25.1 Å². The molecule has 3 heteroatoms. The lowest BCUT2D eigenvalue weighted by Crippen LogP contribution is -2.29. The van der Waals surface area contributed by atoms with Gasteiger partial charge in [-0.1, -0.05) is 24.3 Å². The van der Waals surface area contributed by atoms with Gasteiger partial charge < -0.3 is 10.2 Å². The van der Waals surface area contributed by atoms with E-state index in [9.17, 15) is 4.79 Å². The van der Waals surface area contributed by atoms with E-state index in [1.54, 1.807) is 12.2 Å². The second-order valence-electron chi connectivity index (χ2n) is 4.06. The maximum atomic E-state index is 11.2. The average molecular weight is 246 g/mol. The van der Waals surface area contributed by atoms with Crippen molar-refractivity contribution in [2.45, 2.75) is 20.3 Å². The third-order valence-corrected chi connectivity index (χ3v) is 2.73. The van der Waals surface area contributed by atoms with Gasteiger partial charge >= 0.3 is 0 Å². The number of benzene rings is 1. The van der Waals surface area contributed by atoms with E-state index in [2.05, 4.69) is 29.3 Å². The van der Waals surface area contributed by atoms with Gasteiger partial charge in [-0.25, -0.2) is 0 Å². The number of amides is 1. The van der Waals surface area contributed by atoms with E-state index in [4.69, 9.17) is 0 Å². The Morgan fingerprint density at radius 2 is 2.06 bits per heavy atom. The number of carbonyl (C=O) groups excluding carboxylic acids is 1. The summed E-state index contributed by atoms with van der Waals surface area (Å²) < 4.78 is 0. The molecule has 0 aliphatic heterocycles. The zero-order valence-corrected chi connectivity index (χ0v) is 11.2. The number of para-hydroxylation sites is 1. The first kappa shape index (κ1) is 14.3. The Kier molecular flexibility index (Phi) is 6.62. The molecule has 18 heavy (non-hydrogen) atoms. The Morgan fingerprint density at radius 3 is 2.67 bits per heavy atom. The monoisotopic (exact) mass is 246 g/mol. The lowest BCUT2D eigenvalue weighted by atomic mass is 10.2. The summed E-state index contributed by atoms with van der Waals surface area (Å²) in [6.07, 6.45) is 4.25. The Bertz CT molecular complexity index is 373. The van der Waals surface area contributed by atoms with Crippen molar-refractivity contribution in [3.05, 3.63) is 42.5 Å². The zero-order chi connectivity index (χ0) is 13.2. The number of hydrogen-bond donors (Lipinski definition) is 1. The van der Waals surface area contributed by atoms with Crippen LogP contribution in [0.3, 0.4) is 0 Å². The number of anilines is 1. The van der Waals surface area contributed by atoms with Crippen molar-refractivity contribution in [1.29, 1.82) is 0 Å². The van der Waals surface area contributed by atoms with Gasteiger partial charge in [0.1, 0.15) is 0 Å². The van der Waals surface area contributed by atoms with Gasteiger partial charge in [-0.05, 0) is 38.5 Å². The van der Waals surface area contributed by atoms with Crippen LogP contribution < -0.4 is 10.2 Å². The lowest BCUT2D eigenvalue weighted by Gasteiger charge is -2.23. The number of rotatable bonds is 7. The van der Waals surface area contributed by atoms with Gasteiger partial charge in [0, 0.05) is 25.3 Å². The van der Waals surface area contributed by atoms with Crippen molar-refractivity contribution >= 4 is 11.6 Å². The molecule has 0 aliphatic rings. The van der Waals surface area contributed by atoms with Crippen LogP contribution in [-0.4, -0.2) is 25.5 Å². The Balaban J connectivity index is 2.31.